The smallest absolute Gasteiger partial charge is 0.307 e. The third kappa shape index (κ3) is 21.3. The SMILES string of the molecule is CCN(CCOC(=O)CCN(CCCCCCO)CCC(=O)OCCN(CC)c1ccc(N)cc1)c1ccc(N)cc1.Nc1ccc([N+](=O)[O-])cc1Cl.Nc1ccc([N+](=O)[O-])cc1Cl. The maximum Gasteiger partial charge on any atom is 0.307 e. The summed E-state index contributed by atoms with van der Waals surface area (Å²) in [5.74, 6) is -0.503. The summed E-state index contributed by atoms with van der Waals surface area (Å²) >= 11 is 11.1. The number of aliphatic hydroxyl groups excluding tert-OH is 1. The number of carbonyl (C=O) groups is 2. The number of ether oxygens (including phenoxy) is 2. The molecule has 0 aromatic heterocycles. The molecule has 0 aliphatic carbocycles. The van der Waals surface area contributed by atoms with Gasteiger partial charge in [0.1, 0.15) is 13.2 Å². The third-order valence-electron chi connectivity index (χ3n) is 9.56. The molecule has 9 N–H and O–H groups in total. The van der Waals surface area contributed by atoms with Gasteiger partial charge in [0.05, 0.1) is 57.2 Å². The van der Waals surface area contributed by atoms with Gasteiger partial charge in [0, 0.05) is 79.8 Å². The standard InChI is InChI=1S/C32H51N5O5.2C6H5ClN2O2/c1-3-36(29-13-9-27(33)10-14-29)22-25-41-31(39)17-20-35(19-7-5-6-8-24-38)21-18-32(40)42-26-23-37(4-2)30-15-11-28(34)12-16-30;2*7-5-3-4(9(10)11)1-2-6(5)8/h9-16,38H,3-8,17-26,33-34H2,1-2H3;2*1-3H,8H2. The van der Waals surface area contributed by atoms with Crippen molar-refractivity contribution in [3.8, 4) is 0 Å². The highest BCUT2D eigenvalue weighted by Gasteiger charge is 2.14. The summed E-state index contributed by atoms with van der Waals surface area (Å²) in [4.78, 5) is 50.7. The van der Waals surface area contributed by atoms with Gasteiger partial charge in [0.2, 0.25) is 0 Å². The van der Waals surface area contributed by atoms with Gasteiger partial charge in [-0.25, -0.2) is 0 Å². The van der Waals surface area contributed by atoms with Gasteiger partial charge >= 0.3 is 11.9 Å². The van der Waals surface area contributed by atoms with Crippen molar-refractivity contribution in [2.45, 2.75) is 52.4 Å². The van der Waals surface area contributed by atoms with E-state index < -0.39 is 9.85 Å². The first kappa shape index (κ1) is 54.1. The number of hydrogen-bond acceptors (Lipinski definition) is 16. The molecule has 4 aromatic rings. The molecule has 0 radical (unpaired) electrons. The summed E-state index contributed by atoms with van der Waals surface area (Å²) in [5, 5.41) is 29.8. The number of unbranched alkanes of at least 4 members (excludes halogenated alkanes) is 3. The molecule has 0 fully saturated rings. The number of nitro benzene ring substituents is 2. The predicted octanol–water partition coefficient (Wildman–Crippen LogP) is 7.59. The number of nitrogen functional groups attached to an aromatic ring is 4. The number of carbonyl (C=O) groups excluding carboxylic acids is 2. The van der Waals surface area contributed by atoms with E-state index in [1.54, 1.807) is 0 Å². The minimum atomic E-state index is -0.522. The van der Waals surface area contributed by atoms with Crippen LogP contribution in [0.5, 0.6) is 0 Å². The Labute approximate surface area is 384 Å². The van der Waals surface area contributed by atoms with E-state index in [-0.39, 0.29) is 52.8 Å². The van der Waals surface area contributed by atoms with Crippen LogP contribution in [0.2, 0.25) is 10.0 Å². The lowest BCUT2D eigenvalue weighted by Crippen LogP contribution is -2.32. The molecule has 0 amide bonds. The van der Waals surface area contributed by atoms with Crippen LogP contribution in [0.3, 0.4) is 0 Å². The molecule has 64 heavy (non-hydrogen) atoms. The molecule has 0 aliphatic heterocycles. The van der Waals surface area contributed by atoms with E-state index in [0.29, 0.717) is 62.1 Å². The second-order valence-corrected chi connectivity index (χ2v) is 15.0. The Morgan fingerprint density at radius 3 is 1.33 bits per heavy atom. The number of aliphatic hydroxyl groups is 1. The minimum Gasteiger partial charge on any atom is -0.464 e. The quantitative estimate of drug-likeness (QED) is 0.0149. The topological polar surface area (TPSA) is 273 Å². The molecule has 0 aliphatic rings. The summed E-state index contributed by atoms with van der Waals surface area (Å²) < 4.78 is 11.0. The fraction of sp³-hybridized carbons (Fsp3) is 0.409. The van der Waals surface area contributed by atoms with E-state index in [2.05, 4.69) is 28.5 Å². The van der Waals surface area contributed by atoms with E-state index in [1.807, 2.05) is 48.5 Å². The molecular formula is C44H61Cl2N9O9. The van der Waals surface area contributed by atoms with Crippen molar-refractivity contribution in [3.05, 3.63) is 115 Å². The molecule has 20 heteroatoms. The maximum atomic E-state index is 12.5. The van der Waals surface area contributed by atoms with Gasteiger partial charge in [-0.15, -0.1) is 0 Å². The fourth-order valence-corrected chi connectivity index (χ4v) is 6.24. The number of nitrogens with zero attached hydrogens (tertiary/aromatic N) is 5. The summed E-state index contributed by atoms with van der Waals surface area (Å²) in [5.41, 5.74) is 26.3. The fourth-order valence-electron chi connectivity index (χ4n) is 5.89. The van der Waals surface area contributed by atoms with Crippen LogP contribution in [0.1, 0.15) is 52.4 Å². The monoisotopic (exact) mass is 929 g/mol. The average Bonchev–Trinajstić information content (AvgIpc) is 3.27. The number of halogens is 2. The van der Waals surface area contributed by atoms with Crippen LogP contribution >= 0.6 is 23.2 Å². The zero-order valence-corrected chi connectivity index (χ0v) is 37.9. The van der Waals surface area contributed by atoms with Crippen LogP contribution in [0.15, 0.2) is 84.9 Å². The van der Waals surface area contributed by atoms with Crippen LogP contribution in [-0.2, 0) is 19.1 Å². The summed E-state index contributed by atoms with van der Waals surface area (Å²) in [7, 11) is 0. The number of esters is 2. The van der Waals surface area contributed by atoms with Gasteiger partial charge in [-0.2, -0.15) is 0 Å². The molecule has 0 saturated heterocycles. The summed E-state index contributed by atoms with van der Waals surface area (Å²) in [6.45, 7) is 9.49. The molecule has 0 unspecified atom stereocenters. The van der Waals surface area contributed by atoms with E-state index in [9.17, 15) is 29.8 Å². The maximum absolute atomic E-state index is 12.5. The van der Waals surface area contributed by atoms with Crippen LogP contribution in [-0.4, -0.2) is 97.4 Å². The second kappa shape index (κ2) is 30.1. The number of likely N-dealkylation sites (N-methyl/N-ethyl adjacent to an activating group) is 2. The Hall–Kier alpha value is -6.08. The number of nitro groups is 2. The number of benzene rings is 4. The van der Waals surface area contributed by atoms with Crippen LogP contribution < -0.4 is 32.7 Å². The average molecular weight is 931 g/mol. The number of anilines is 6. The zero-order valence-electron chi connectivity index (χ0n) is 36.4. The summed E-state index contributed by atoms with van der Waals surface area (Å²) in [6, 6.07) is 23.1. The van der Waals surface area contributed by atoms with Crippen molar-refractivity contribution >= 4 is 80.6 Å². The molecule has 18 nitrogen and oxygen atoms in total. The molecule has 350 valence electrons. The van der Waals surface area contributed by atoms with Gasteiger partial charge in [-0.3, -0.25) is 29.8 Å². The molecular weight excluding hydrogens is 869 g/mol. The van der Waals surface area contributed by atoms with E-state index >= 15 is 0 Å². The normalized spacial score (nSPS) is 10.5. The highest BCUT2D eigenvalue weighted by molar-refractivity contribution is 6.33. The highest BCUT2D eigenvalue weighted by Crippen LogP contribution is 2.25. The van der Waals surface area contributed by atoms with Gasteiger partial charge in [0.25, 0.3) is 11.4 Å². The van der Waals surface area contributed by atoms with Crippen molar-refractivity contribution in [3.63, 3.8) is 0 Å². The van der Waals surface area contributed by atoms with Gasteiger partial charge in [-0.1, -0.05) is 36.0 Å². The first-order valence-electron chi connectivity index (χ1n) is 20.8. The van der Waals surface area contributed by atoms with Crippen molar-refractivity contribution in [2.24, 2.45) is 0 Å². The number of hydrogen-bond donors (Lipinski definition) is 5. The molecule has 0 atom stereocenters. The first-order chi connectivity index (χ1) is 30.6. The third-order valence-corrected chi connectivity index (χ3v) is 10.2. The lowest BCUT2D eigenvalue weighted by Gasteiger charge is -2.24. The molecule has 4 aromatic carbocycles. The first-order valence-corrected chi connectivity index (χ1v) is 21.6. The van der Waals surface area contributed by atoms with Crippen molar-refractivity contribution < 1.29 is 34.0 Å². The number of nitrogens with two attached hydrogens (primary N) is 4. The van der Waals surface area contributed by atoms with Crippen molar-refractivity contribution in [1.29, 1.82) is 0 Å². The Balaban J connectivity index is 0.000000513. The van der Waals surface area contributed by atoms with Gasteiger partial charge in [0.15, 0.2) is 0 Å². The molecule has 0 saturated carbocycles. The Kier molecular flexibility index (Phi) is 25.4. The van der Waals surface area contributed by atoms with Crippen molar-refractivity contribution in [2.75, 3.05) is 98.4 Å². The lowest BCUT2D eigenvalue weighted by atomic mass is 10.2. The van der Waals surface area contributed by atoms with Crippen LogP contribution in [0.25, 0.3) is 0 Å². The summed E-state index contributed by atoms with van der Waals surface area (Å²) in [6.07, 6.45) is 4.18. The van der Waals surface area contributed by atoms with Gasteiger partial charge < -0.3 is 52.2 Å². The molecule has 0 spiro atoms. The van der Waals surface area contributed by atoms with E-state index in [0.717, 1.165) is 56.7 Å². The van der Waals surface area contributed by atoms with Crippen LogP contribution in [0, 0.1) is 20.2 Å². The van der Waals surface area contributed by atoms with Gasteiger partial charge in [-0.05, 0) is 93.9 Å². The zero-order chi connectivity index (χ0) is 47.4. The Morgan fingerprint density at radius 2 is 0.984 bits per heavy atom. The lowest BCUT2D eigenvalue weighted by molar-refractivity contribution is -0.385. The second-order valence-electron chi connectivity index (χ2n) is 14.2. The van der Waals surface area contributed by atoms with E-state index in [1.165, 1.54) is 36.4 Å². The van der Waals surface area contributed by atoms with Crippen LogP contribution in [0.4, 0.5) is 45.5 Å². The van der Waals surface area contributed by atoms with E-state index in [4.69, 9.17) is 60.7 Å². The number of non-ortho nitro benzene ring substituents is 2. The largest absolute Gasteiger partial charge is 0.464 e. The Bertz CT molecular complexity index is 1890. The minimum absolute atomic E-state index is 0.0517. The molecule has 0 bridgehead atoms. The van der Waals surface area contributed by atoms with Crippen molar-refractivity contribution in [1.82, 2.24) is 4.90 Å². The highest BCUT2D eigenvalue weighted by atomic mass is 35.5. The predicted molar refractivity (Wildman–Crippen MR) is 256 cm³/mol. The number of rotatable bonds is 24. The molecule has 4 rings (SSSR count). The molecule has 0 heterocycles. The Morgan fingerprint density at radius 1 is 0.594 bits per heavy atom.